The highest BCUT2D eigenvalue weighted by Gasteiger charge is 2.53. The number of carbonyl (C=O) groups excluding carboxylic acids is 1. The van der Waals surface area contributed by atoms with E-state index >= 15 is 0 Å². The van der Waals surface area contributed by atoms with E-state index in [1.165, 1.54) is 35.5 Å². The lowest BCUT2D eigenvalue weighted by molar-refractivity contribution is 0.0956. The fourth-order valence-corrected chi connectivity index (χ4v) is 6.20. The molecule has 3 aliphatic rings. The van der Waals surface area contributed by atoms with Gasteiger partial charge in [0.15, 0.2) is 5.78 Å². The molecule has 31 heavy (non-hydrogen) atoms. The fourth-order valence-electron chi connectivity index (χ4n) is 6.20. The molecular weight excluding hydrogens is 389 g/mol. The molecule has 1 unspecified atom stereocenters. The Hall–Kier alpha value is -2.40. The molecule has 0 radical (unpaired) electrons. The third kappa shape index (κ3) is 3.34. The van der Waals surface area contributed by atoms with Crippen LogP contribution in [0.5, 0.6) is 0 Å². The Labute approximate surface area is 184 Å². The van der Waals surface area contributed by atoms with Crippen LogP contribution in [0, 0.1) is 5.82 Å². The molecule has 1 fully saturated rings. The summed E-state index contributed by atoms with van der Waals surface area (Å²) in [7, 11) is 2.21. The van der Waals surface area contributed by atoms with Crippen LogP contribution in [0.15, 0.2) is 42.5 Å². The van der Waals surface area contributed by atoms with Gasteiger partial charge in [0.1, 0.15) is 5.82 Å². The summed E-state index contributed by atoms with van der Waals surface area (Å²) < 4.78 is 13.1. The molecule has 0 amide bonds. The van der Waals surface area contributed by atoms with Crippen LogP contribution < -0.4 is 9.80 Å². The van der Waals surface area contributed by atoms with Crippen LogP contribution in [0.1, 0.15) is 48.5 Å². The second kappa shape index (κ2) is 7.94. The second-order valence-electron chi connectivity index (χ2n) is 9.41. The molecule has 0 aromatic heterocycles. The van der Waals surface area contributed by atoms with Gasteiger partial charge in [-0.2, -0.15) is 0 Å². The lowest BCUT2D eigenvalue weighted by Gasteiger charge is -2.48. The number of likely N-dealkylation sites (tertiary alicyclic amines) is 1. The molecule has 0 saturated carbocycles. The van der Waals surface area contributed by atoms with Crippen LogP contribution in [-0.2, 0) is 5.41 Å². The normalized spacial score (nSPS) is 24.8. The lowest BCUT2D eigenvalue weighted by Crippen LogP contribution is -2.57. The summed E-state index contributed by atoms with van der Waals surface area (Å²) in [6, 6.07) is 13.4. The summed E-state index contributed by atoms with van der Waals surface area (Å²) >= 11 is 0. The number of nitrogens with zero attached hydrogens (tertiary/aromatic N) is 3. The van der Waals surface area contributed by atoms with Crippen molar-refractivity contribution in [2.45, 2.75) is 44.1 Å². The quantitative estimate of drug-likeness (QED) is 0.643. The molecule has 0 aliphatic carbocycles. The average molecular weight is 422 g/mol. The standard InChI is InChI=1S/C26H32FN3O/c1-3-26-18-29(14-5-8-23(31)19-9-11-20(27)12-10-19)15-13-24(26)30-17-16-28(2)22-7-4-6-21(26)25(22)30/h4,6-7,9-12,24H,3,5,8,13-18H2,1-2H3/t24-,26?/m0/s1. The van der Waals surface area contributed by atoms with Gasteiger partial charge in [-0.15, -0.1) is 0 Å². The van der Waals surface area contributed by atoms with Gasteiger partial charge in [0.05, 0.1) is 11.4 Å². The van der Waals surface area contributed by atoms with E-state index in [1.807, 2.05) is 0 Å². The number of carbonyl (C=O) groups is 1. The zero-order valence-electron chi connectivity index (χ0n) is 18.6. The first-order chi connectivity index (χ1) is 15.0. The zero-order chi connectivity index (χ0) is 21.6. The van der Waals surface area contributed by atoms with Crippen molar-refractivity contribution in [2.75, 3.05) is 49.6 Å². The molecule has 2 aromatic carbocycles. The minimum Gasteiger partial charge on any atom is -0.371 e. The van der Waals surface area contributed by atoms with Gasteiger partial charge in [0.25, 0.3) is 0 Å². The third-order valence-electron chi connectivity index (χ3n) is 7.84. The molecule has 2 atom stereocenters. The number of hydrogen-bond acceptors (Lipinski definition) is 4. The number of hydrogen-bond donors (Lipinski definition) is 0. The Morgan fingerprint density at radius 3 is 2.71 bits per heavy atom. The highest BCUT2D eigenvalue weighted by atomic mass is 19.1. The maximum Gasteiger partial charge on any atom is 0.162 e. The summed E-state index contributed by atoms with van der Waals surface area (Å²) in [6.45, 7) is 7.63. The van der Waals surface area contributed by atoms with E-state index in [-0.39, 0.29) is 17.0 Å². The number of rotatable bonds is 6. The summed E-state index contributed by atoms with van der Waals surface area (Å²) in [5.41, 5.74) is 5.16. The summed E-state index contributed by atoms with van der Waals surface area (Å²) in [4.78, 5) is 20.1. The SMILES string of the molecule is CCC12CN(CCCC(=O)c3ccc(F)cc3)CC[C@@H]1N1CCN(C)c3cccc2c31. The van der Waals surface area contributed by atoms with Crippen molar-refractivity contribution in [1.82, 2.24) is 4.90 Å². The first kappa shape index (κ1) is 20.5. The number of para-hydroxylation sites is 1. The molecule has 2 aromatic rings. The number of likely N-dealkylation sites (N-methyl/N-ethyl adjacent to an activating group) is 1. The van der Waals surface area contributed by atoms with Gasteiger partial charge < -0.3 is 14.7 Å². The Balaban J connectivity index is 1.29. The van der Waals surface area contributed by atoms with E-state index in [0.717, 1.165) is 45.6 Å². The predicted octanol–water partition coefficient (Wildman–Crippen LogP) is 4.48. The molecule has 4 nitrogen and oxygen atoms in total. The van der Waals surface area contributed by atoms with Crippen LogP contribution in [0.4, 0.5) is 15.8 Å². The van der Waals surface area contributed by atoms with Crippen molar-refractivity contribution in [3.05, 3.63) is 59.4 Å². The number of halogens is 1. The number of piperidine rings is 1. The van der Waals surface area contributed by atoms with Gasteiger partial charge in [-0.3, -0.25) is 4.79 Å². The summed E-state index contributed by atoms with van der Waals surface area (Å²) in [6.07, 6.45) is 3.68. The fraction of sp³-hybridized carbons (Fsp3) is 0.500. The molecule has 0 spiro atoms. The molecular formula is C26H32FN3O. The highest BCUT2D eigenvalue weighted by Crippen LogP contribution is 2.55. The number of benzene rings is 2. The smallest absolute Gasteiger partial charge is 0.162 e. The summed E-state index contributed by atoms with van der Waals surface area (Å²) in [5.74, 6) is -0.190. The third-order valence-corrected chi connectivity index (χ3v) is 7.84. The zero-order valence-corrected chi connectivity index (χ0v) is 18.6. The second-order valence-corrected chi connectivity index (χ2v) is 9.41. The van der Waals surface area contributed by atoms with Crippen molar-refractivity contribution >= 4 is 17.2 Å². The van der Waals surface area contributed by atoms with Gasteiger partial charge in [0, 0.05) is 56.7 Å². The van der Waals surface area contributed by atoms with Crippen molar-refractivity contribution in [1.29, 1.82) is 0 Å². The molecule has 1 saturated heterocycles. The average Bonchev–Trinajstić information content (AvgIpc) is 3.07. The minimum atomic E-state index is -0.298. The molecule has 164 valence electrons. The topological polar surface area (TPSA) is 26.8 Å². The van der Waals surface area contributed by atoms with E-state index in [9.17, 15) is 9.18 Å². The Morgan fingerprint density at radius 2 is 1.94 bits per heavy atom. The Morgan fingerprint density at radius 1 is 1.13 bits per heavy atom. The monoisotopic (exact) mass is 421 g/mol. The first-order valence-electron chi connectivity index (χ1n) is 11.7. The number of ketones is 1. The van der Waals surface area contributed by atoms with Gasteiger partial charge in [-0.05, 0) is 61.7 Å². The number of anilines is 2. The molecule has 5 rings (SSSR count). The van der Waals surface area contributed by atoms with E-state index in [0.29, 0.717) is 18.0 Å². The summed E-state index contributed by atoms with van der Waals surface area (Å²) in [5, 5.41) is 0. The molecule has 5 heteroatoms. The first-order valence-corrected chi connectivity index (χ1v) is 11.7. The Kier molecular flexibility index (Phi) is 5.25. The molecule has 0 bridgehead atoms. The van der Waals surface area contributed by atoms with Crippen molar-refractivity contribution in [2.24, 2.45) is 0 Å². The van der Waals surface area contributed by atoms with Crippen LogP contribution in [0.2, 0.25) is 0 Å². The van der Waals surface area contributed by atoms with Gasteiger partial charge in [-0.25, -0.2) is 4.39 Å². The molecule has 3 aliphatic heterocycles. The Bertz CT molecular complexity index is 975. The number of Topliss-reactive ketones (excluding diaryl/α,β-unsaturated/α-hetero) is 1. The number of fused-ring (bicyclic) bond motifs is 3. The largest absolute Gasteiger partial charge is 0.371 e. The van der Waals surface area contributed by atoms with Crippen LogP contribution in [0.3, 0.4) is 0 Å². The van der Waals surface area contributed by atoms with Gasteiger partial charge >= 0.3 is 0 Å². The highest BCUT2D eigenvalue weighted by molar-refractivity contribution is 5.96. The van der Waals surface area contributed by atoms with Crippen LogP contribution >= 0.6 is 0 Å². The van der Waals surface area contributed by atoms with Crippen molar-refractivity contribution < 1.29 is 9.18 Å². The van der Waals surface area contributed by atoms with E-state index in [2.05, 4.69) is 46.9 Å². The van der Waals surface area contributed by atoms with Gasteiger partial charge in [0.2, 0.25) is 0 Å². The maximum atomic E-state index is 13.1. The maximum absolute atomic E-state index is 13.1. The van der Waals surface area contributed by atoms with Gasteiger partial charge in [-0.1, -0.05) is 19.1 Å². The van der Waals surface area contributed by atoms with E-state index in [4.69, 9.17) is 0 Å². The van der Waals surface area contributed by atoms with Crippen LogP contribution in [-0.4, -0.2) is 56.5 Å². The lowest BCUT2D eigenvalue weighted by atomic mass is 9.70. The predicted molar refractivity (Wildman–Crippen MR) is 124 cm³/mol. The van der Waals surface area contributed by atoms with E-state index in [1.54, 1.807) is 12.1 Å². The molecule has 0 N–H and O–H groups in total. The van der Waals surface area contributed by atoms with E-state index < -0.39 is 0 Å². The van der Waals surface area contributed by atoms with Crippen molar-refractivity contribution in [3.8, 4) is 0 Å². The molecule has 3 heterocycles. The van der Waals surface area contributed by atoms with Crippen molar-refractivity contribution in [3.63, 3.8) is 0 Å². The minimum absolute atomic E-state index is 0.107. The van der Waals surface area contributed by atoms with Crippen LogP contribution in [0.25, 0.3) is 0 Å².